The zero-order chi connectivity index (χ0) is 13.7. The molecule has 0 aliphatic rings. The first-order valence-electron chi connectivity index (χ1n) is 5.58. The summed E-state index contributed by atoms with van der Waals surface area (Å²) in [7, 11) is 1.28. The maximum absolute atomic E-state index is 11.5. The molecule has 0 saturated carbocycles. The molecule has 1 rings (SSSR count). The van der Waals surface area contributed by atoms with Crippen LogP contribution in [-0.4, -0.2) is 19.0 Å². The Hall–Kier alpha value is -2.10. The predicted octanol–water partition coefficient (Wildman–Crippen LogP) is 1.95. The molecule has 4 heteroatoms. The Balaban J connectivity index is 3.13. The molecule has 0 aliphatic heterocycles. The Morgan fingerprint density at radius 1 is 1.17 bits per heavy atom. The number of amides is 1. The number of aryl methyl sites for hydroxylation is 2. The first-order valence-corrected chi connectivity index (χ1v) is 5.58. The topological polar surface area (TPSA) is 55.4 Å². The van der Waals surface area contributed by atoms with E-state index in [0.29, 0.717) is 0 Å². The SMILES string of the molecule is COC(=O)C(=Cc1cc(C)cc(C)c1)NC(C)=O. The van der Waals surface area contributed by atoms with Crippen molar-refractivity contribution in [3.63, 3.8) is 0 Å². The summed E-state index contributed by atoms with van der Waals surface area (Å²) in [5.41, 5.74) is 3.17. The normalized spacial score (nSPS) is 11.0. The molecule has 0 fully saturated rings. The largest absolute Gasteiger partial charge is 0.464 e. The Labute approximate surface area is 107 Å². The number of methoxy groups -OCH3 is 1. The molecule has 18 heavy (non-hydrogen) atoms. The minimum absolute atomic E-state index is 0.134. The van der Waals surface area contributed by atoms with Crippen molar-refractivity contribution >= 4 is 18.0 Å². The van der Waals surface area contributed by atoms with Crippen molar-refractivity contribution in [3.05, 3.63) is 40.6 Å². The van der Waals surface area contributed by atoms with Gasteiger partial charge in [0.15, 0.2) is 0 Å². The standard InChI is InChI=1S/C14H17NO3/c1-9-5-10(2)7-12(6-9)8-13(14(17)18-4)15-11(3)16/h5-8H,1-4H3,(H,15,16). The number of carbonyl (C=O) groups is 2. The summed E-state index contributed by atoms with van der Waals surface area (Å²) in [5.74, 6) is -0.875. The van der Waals surface area contributed by atoms with E-state index in [0.717, 1.165) is 16.7 Å². The Morgan fingerprint density at radius 2 is 1.72 bits per heavy atom. The lowest BCUT2D eigenvalue weighted by molar-refractivity contribution is -0.137. The van der Waals surface area contributed by atoms with Gasteiger partial charge in [-0.3, -0.25) is 4.79 Å². The van der Waals surface area contributed by atoms with Crippen LogP contribution in [0.4, 0.5) is 0 Å². The van der Waals surface area contributed by atoms with E-state index in [1.807, 2.05) is 32.0 Å². The van der Waals surface area contributed by atoms with Gasteiger partial charge in [0.2, 0.25) is 5.91 Å². The minimum Gasteiger partial charge on any atom is -0.464 e. The molecule has 0 bridgehead atoms. The van der Waals surface area contributed by atoms with Crippen LogP contribution >= 0.6 is 0 Å². The third kappa shape index (κ3) is 4.05. The Morgan fingerprint density at radius 3 is 2.17 bits per heavy atom. The van der Waals surface area contributed by atoms with Gasteiger partial charge in [0, 0.05) is 6.92 Å². The van der Waals surface area contributed by atoms with Crippen LogP contribution in [0.1, 0.15) is 23.6 Å². The Bertz CT molecular complexity index is 484. The van der Waals surface area contributed by atoms with Gasteiger partial charge in [-0.25, -0.2) is 4.79 Å². The van der Waals surface area contributed by atoms with Crippen LogP contribution in [0.2, 0.25) is 0 Å². The number of hydrogen-bond donors (Lipinski definition) is 1. The van der Waals surface area contributed by atoms with Gasteiger partial charge >= 0.3 is 5.97 Å². The number of nitrogens with one attached hydrogen (secondary N) is 1. The van der Waals surface area contributed by atoms with E-state index >= 15 is 0 Å². The maximum Gasteiger partial charge on any atom is 0.354 e. The van der Waals surface area contributed by atoms with Gasteiger partial charge < -0.3 is 10.1 Å². The summed E-state index contributed by atoms with van der Waals surface area (Å²) in [4.78, 5) is 22.6. The van der Waals surface area contributed by atoms with Crippen LogP contribution in [0.15, 0.2) is 23.9 Å². The van der Waals surface area contributed by atoms with Crippen molar-refractivity contribution in [2.75, 3.05) is 7.11 Å². The zero-order valence-electron chi connectivity index (χ0n) is 11.0. The highest BCUT2D eigenvalue weighted by molar-refractivity contribution is 5.97. The molecule has 0 atom stereocenters. The van der Waals surface area contributed by atoms with Crippen molar-refractivity contribution < 1.29 is 14.3 Å². The molecule has 0 aromatic heterocycles. The molecule has 0 aliphatic carbocycles. The molecule has 4 nitrogen and oxygen atoms in total. The third-order valence-corrected chi connectivity index (χ3v) is 2.27. The number of ether oxygens (including phenoxy) is 1. The van der Waals surface area contributed by atoms with Gasteiger partial charge in [0.25, 0.3) is 0 Å². The molecule has 0 spiro atoms. The van der Waals surface area contributed by atoms with Crippen LogP contribution in [0, 0.1) is 13.8 Å². The summed E-state index contributed by atoms with van der Waals surface area (Å²) in [6, 6.07) is 5.89. The van der Waals surface area contributed by atoms with Crippen molar-refractivity contribution in [1.29, 1.82) is 0 Å². The molecule has 1 N–H and O–H groups in total. The first kappa shape index (κ1) is 14.0. The molecular formula is C14H17NO3. The van der Waals surface area contributed by atoms with E-state index in [1.165, 1.54) is 14.0 Å². The second-order valence-electron chi connectivity index (χ2n) is 4.15. The van der Waals surface area contributed by atoms with Gasteiger partial charge in [-0.05, 0) is 25.5 Å². The predicted molar refractivity (Wildman–Crippen MR) is 69.7 cm³/mol. The maximum atomic E-state index is 11.5. The molecule has 0 unspecified atom stereocenters. The number of carbonyl (C=O) groups excluding carboxylic acids is 2. The lowest BCUT2D eigenvalue weighted by atomic mass is 10.1. The fraction of sp³-hybridized carbons (Fsp3) is 0.286. The molecular weight excluding hydrogens is 230 g/mol. The second kappa shape index (κ2) is 6.00. The molecule has 1 aromatic rings. The highest BCUT2D eigenvalue weighted by Crippen LogP contribution is 2.12. The van der Waals surface area contributed by atoms with Crippen molar-refractivity contribution in [2.45, 2.75) is 20.8 Å². The molecule has 1 aromatic carbocycles. The summed E-state index contributed by atoms with van der Waals surface area (Å²) in [6.07, 6.45) is 1.60. The van der Waals surface area contributed by atoms with E-state index < -0.39 is 5.97 Å². The highest BCUT2D eigenvalue weighted by Gasteiger charge is 2.11. The summed E-state index contributed by atoms with van der Waals surface area (Å²) >= 11 is 0. The molecule has 0 heterocycles. The van der Waals surface area contributed by atoms with Crippen molar-refractivity contribution in [3.8, 4) is 0 Å². The van der Waals surface area contributed by atoms with Crippen LogP contribution in [0.5, 0.6) is 0 Å². The monoisotopic (exact) mass is 247 g/mol. The van der Waals surface area contributed by atoms with Crippen LogP contribution in [0.25, 0.3) is 6.08 Å². The van der Waals surface area contributed by atoms with Crippen LogP contribution in [0.3, 0.4) is 0 Å². The number of esters is 1. The van der Waals surface area contributed by atoms with E-state index in [1.54, 1.807) is 6.08 Å². The van der Waals surface area contributed by atoms with E-state index in [2.05, 4.69) is 10.1 Å². The smallest absolute Gasteiger partial charge is 0.354 e. The number of hydrogen-bond acceptors (Lipinski definition) is 3. The summed E-state index contributed by atoms with van der Waals surface area (Å²) in [6.45, 7) is 5.29. The van der Waals surface area contributed by atoms with E-state index in [-0.39, 0.29) is 11.6 Å². The van der Waals surface area contributed by atoms with Gasteiger partial charge in [-0.2, -0.15) is 0 Å². The van der Waals surface area contributed by atoms with Crippen molar-refractivity contribution in [1.82, 2.24) is 5.32 Å². The van der Waals surface area contributed by atoms with Crippen LogP contribution < -0.4 is 5.32 Å². The fourth-order valence-electron chi connectivity index (χ4n) is 1.71. The van der Waals surface area contributed by atoms with Crippen LogP contribution in [-0.2, 0) is 14.3 Å². The summed E-state index contributed by atoms with van der Waals surface area (Å²) in [5, 5.41) is 2.47. The minimum atomic E-state index is -0.565. The van der Waals surface area contributed by atoms with Crippen molar-refractivity contribution in [2.24, 2.45) is 0 Å². The van der Waals surface area contributed by atoms with E-state index in [4.69, 9.17) is 0 Å². The zero-order valence-corrected chi connectivity index (χ0v) is 11.0. The lowest BCUT2D eigenvalue weighted by Crippen LogP contribution is -2.25. The molecule has 0 radical (unpaired) electrons. The van der Waals surface area contributed by atoms with Gasteiger partial charge in [-0.1, -0.05) is 29.3 Å². The van der Waals surface area contributed by atoms with Gasteiger partial charge in [0.1, 0.15) is 5.70 Å². The molecule has 0 saturated heterocycles. The van der Waals surface area contributed by atoms with Gasteiger partial charge in [0.05, 0.1) is 7.11 Å². The highest BCUT2D eigenvalue weighted by atomic mass is 16.5. The summed E-state index contributed by atoms with van der Waals surface area (Å²) < 4.78 is 4.62. The molecule has 96 valence electrons. The Kier molecular flexibility index (Phi) is 4.66. The average Bonchev–Trinajstić information content (AvgIpc) is 2.25. The second-order valence-corrected chi connectivity index (χ2v) is 4.15. The average molecular weight is 247 g/mol. The number of benzene rings is 1. The quantitative estimate of drug-likeness (QED) is 0.656. The van der Waals surface area contributed by atoms with E-state index in [9.17, 15) is 9.59 Å². The lowest BCUT2D eigenvalue weighted by Gasteiger charge is -2.07. The molecule has 1 amide bonds. The fourth-order valence-corrected chi connectivity index (χ4v) is 1.71. The van der Waals surface area contributed by atoms with Gasteiger partial charge in [-0.15, -0.1) is 0 Å². The number of rotatable bonds is 3. The third-order valence-electron chi connectivity index (χ3n) is 2.27. The first-order chi connectivity index (χ1) is 8.42.